The molecule has 18 heavy (non-hydrogen) atoms. The van der Waals surface area contributed by atoms with E-state index in [0.29, 0.717) is 6.42 Å². The van der Waals surface area contributed by atoms with Gasteiger partial charge in [-0.05, 0) is 36.1 Å². The van der Waals surface area contributed by atoms with Crippen LogP contribution in [0.15, 0.2) is 47.4 Å². The molecule has 3 heteroatoms. The highest BCUT2D eigenvalue weighted by molar-refractivity contribution is 7.98. The van der Waals surface area contributed by atoms with Crippen LogP contribution in [-0.2, 0) is 6.42 Å². The number of hydrogen-bond donors (Lipinski definition) is 1. The summed E-state index contributed by atoms with van der Waals surface area (Å²) in [7, 11) is 0. The molecule has 3 rings (SSSR count). The molecule has 0 radical (unpaired) electrons. The molecule has 1 N–H and O–H groups in total. The molecule has 0 saturated heterocycles. The van der Waals surface area contributed by atoms with Gasteiger partial charge in [-0.3, -0.25) is 0 Å². The lowest BCUT2D eigenvalue weighted by molar-refractivity contribution is 0.178. The van der Waals surface area contributed by atoms with Crippen molar-refractivity contribution in [3.8, 4) is 11.5 Å². The molecule has 2 aromatic carbocycles. The van der Waals surface area contributed by atoms with E-state index in [1.807, 2.05) is 48.7 Å². The van der Waals surface area contributed by atoms with Gasteiger partial charge in [-0.1, -0.05) is 18.2 Å². The van der Waals surface area contributed by atoms with Crippen molar-refractivity contribution >= 4 is 11.8 Å². The topological polar surface area (TPSA) is 29.5 Å². The van der Waals surface area contributed by atoms with Crippen LogP contribution < -0.4 is 4.74 Å². The van der Waals surface area contributed by atoms with Crippen LogP contribution in [0.25, 0.3) is 0 Å². The molecule has 2 aromatic rings. The van der Waals surface area contributed by atoms with E-state index in [9.17, 15) is 5.11 Å². The van der Waals surface area contributed by atoms with Crippen LogP contribution in [0.4, 0.5) is 0 Å². The largest absolute Gasteiger partial charge is 0.457 e. The number of fused-ring (bicyclic) bond motifs is 2. The van der Waals surface area contributed by atoms with Crippen molar-refractivity contribution in [2.45, 2.75) is 17.4 Å². The normalized spacial score (nSPS) is 17.3. The van der Waals surface area contributed by atoms with E-state index in [1.54, 1.807) is 11.8 Å². The van der Waals surface area contributed by atoms with Gasteiger partial charge in [-0.15, -0.1) is 11.8 Å². The van der Waals surface area contributed by atoms with Gasteiger partial charge >= 0.3 is 0 Å². The zero-order chi connectivity index (χ0) is 12.5. The number of thioether (sulfide) groups is 1. The molecule has 0 aliphatic carbocycles. The number of aliphatic hydroxyl groups excluding tert-OH is 1. The Labute approximate surface area is 111 Å². The monoisotopic (exact) mass is 258 g/mol. The lowest BCUT2D eigenvalue weighted by Crippen LogP contribution is -2.00. The molecule has 1 heterocycles. The Hall–Kier alpha value is -1.45. The highest BCUT2D eigenvalue weighted by atomic mass is 32.2. The molecule has 0 amide bonds. The standard InChI is InChI=1S/C15H14O2S/c1-18-11-6-7-15-12(9-11)13(16)8-10-4-2-3-5-14(10)17-15/h2-7,9,13,16H,8H2,1H3. The van der Waals surface area contributed by atoms with Crippen LogP contribution >= 0.6 is 11.8 Å². The van der Waals surface area contributed by atoms with E-state index in [1.165, 1.54) is 0 Å². The third-order valence-corrected chi connectivity index (χ3v) is 3.91. The van der Waals surface area contributed by atoms with E-state index in [-0.39, 0.29) is 0 Å². The van der Waals surface area contributed by atoms with Gasteiger partial charge in [0.25, 0.3) is 0 Å². The molecule has 1 aliphatic rings. The lowest BCUT2D eigenvalue weighted by Gasteiger charge is -2.11. The first-order valence-corrected chi connectivity index (χ1v) is 7.12. The van der Waals surface area contributed by atoms with Gasteiger partial charge < -0.3 is 9.84 Å². The average molecular weight is 258 g/mol. The second kappa shape index (κ2) is 4.67. The maximum absolute atomic E-state index is 10.3. The van der Waals surface area contributed by atoms with E-state index in [2.05, 4.69) is 0 Å². The molecule has 1 unspecified atom stereocenters. The summed E-state index contributed by atoms with van der Waals surface area (Å²) in [4.78, 5) is 1.14. The zero-order valence-corrected chi connectivity index (χ0v) is 10.9. The molecule has 1 aliphatic heterocycles. The first-order valence-electron chi connectivity index (χ1n) is 5.89. The van der Waals surface area contributed by atoms with Crippen LogP contribution in [0, 0.1) is 0 Å². The average Bonchev–Trinajstić information content (AvgIpc) is 2.54. The summed E-state index contributed by atoms with van der Waals surface area (Å²) in [5.74, 6) is 1.59. The van der Waals surface area contributed by atoms with Crippen molar-refractivity contribution in [1.82, 2.24) is 0 Å². The minimum Gasteiger partial charge on any atom is -0.457 e. The highest BCUT2D eigenvalue weighted by Crippen LogP contribution is 2.39. The minimum atomic E-state index is -0.504. The Morgan fingerprint density at radius 2 is 2.00 bits per heavy atom. The molecule has 0 fully saturated rings. The molecule has 2 nitrogen and oxygen atoms in total. The molecule has 0 spiro atoms. The lowest BCUT2D eigenvalue weighted by atomic mass is 10.0. The number of rotatable bonds is 1. The third-order valence-electron chi connectivity index (χ3n) is 3.18. The van der Waals surface area contributed by atoms with Crippen LogP contribution in [0.5, 0.6) is 11.5 Å². The summed E-state index contributed by atoms with van der Waals surface area (Å²) >= 11 is 1.67. The van der Waals surface area contributed by atoms with Crippen LogP contribution in [0.2, 0.25) is 0 Å². The van der Waals surface area contributed by atoms with Crippen molar-refractivity contribution in [3.63, 3.8) is 0 Å². The maximum Gasteiger partial charge on any atom is 0.133 e. The molecule has 92 valence electrons. The minimum absolute atomic E-state index is 0.504. The third kappa shape index (κ3) is 2.00. The zero-order valence-electron chi connectivity index (χ0n) is 10.1. The summed E-state index contributed by atoms with van der Waals surface area (Å²) < 4.78 is 5.90. The molecule has 0 bridgehead atoms. The van der Waals surface area contributed by atoms with Crippen molar-refractivity contribution < 1.29 is 9.84 Å². The first-order chi connectivity index (χ1) is 8.78. The predicted octanol–water partition coefficient (Wildman–Crippen LogP) is 3.79. The Kier molecular flexibility index (Phi) is 3.02. The molecular formula is C15H14O2S. The van der Waals surface area contributed by atoms with E-state index >= 15 is 0 Å². The summed E-state index contributed by atoms with van der Waals surface area (Å²) in [6.45, 7) is 0. The smallest absolute Gasteiger partial charge is 0.133 e. The summed E-state index contributed by atoms with van der Waals surface area (Å²) in [6.07, 6.45) is 2.12. The number of ether oxygens (including phenoxy) is 1. The van der Waals surface area contributed by atoms with Crippen molar-refractivity contribution in [3.05, 3.63) is 53.6 Å². The first kappa shape index (κ1) is 11.6. The Balaban J connectivity index is 2.10. The fourth-order valence-electron chi connectivity index (χ4n) is 2.22. The fourth-order valence-corrected chi connectivity index (χ4v) is 2.66. The van der Waals surface area contributed by atoms with Crippen molar-refractivity contribution in [2.24, 2.45) is 0 Å². The van der Waals surface area contributed by atoms with Crippen LogP contribution in [0.3, 0.4) is 0 Å². The van der Waals surface area contributed by atoms with Gasteiger partial charge in [-0.2, -0.15) is 0 Å². The van der Waals surface area contributed by atoms with E-state index in [4.69, 9.17) is 4.74 Å². The van der Waals surface area contributed by atoms with Gasteiger partial charge in [0.05, 0.1) is 6.10 Å². The fraction of sp³-hybridized carbons (Fsp3) is 0.200. The highest BCUT2D eigenvalue weighted by Gasteiger charge is 2.21. The summed E-state index contributed by atoms with van der Waals surface area (Å²) in [5, 5.41) is 10.3. The molecule has 0 aromatic heterocycles. The van der Waals surface area contributed by atoms with Gasteiger partial charge in [0.1, 0.15) is 11.5 Å². The quantitative estimate of drug-likeness (QED) is 0.789. The number of hydrogen-bond acceptors (Lipinski definition) is 3. The van der Waals surface area contributed by atoms with Crippen LogP contribution in [0.1, 0.15) is 17.2 Å². The summed E-state index contributed by atoms with van der Waals surface area (Å²) in [6, 6.07) is 13.8. The van der Waals surface area contributed by atoms with Crippen LogP contribution in [-0.4, -0.2) is 11.4 Å². The second-order valence-electron chi connectivity index (χ2n) is 4.33. The van der Waals surface area contributed by atoms with Gasteiger partial charge in [0.15, 0.2) is 0 Å². The van der Waals surface area contributed by atoms with E-state index in [0.717, 1.165) is 27.5 Å². The van der Waals surface area contributed by atoms with Gasteiger partial charge in [0.2, 0.25) is 0 Å². The van der Waals surface area contributed by atoms with Crippen molar-refractivity contribution in [2.75, 3.05) is 6.26 Å². The molecule has 1 atom stereocenters. The SMILES string of the molecule is CSc1ccc2c(c1)C(O)Cc1ccccc1O2. The Bertz CT molecular complexity index is 580. The predicted molar refractivity (Wildman–Crippen MR) is 73.4 cm³/mol. The van der Waals surface area contributed by atoms with E-state index < -0.39 is 6.10 Å². The Morgan fingerprint density at radius 1 is 1.17 bits per heavy atom. The van der Waals surface area contributed by atoms with Gasteiger partial charge in [0, 0.05) is 16.9 Å². The number of para-hydroxylation sites is 1. The number of benzene rings is 2. The Morgan fingerprint density at radius 3 is 2.83 bits per heavy atom. The maximum atomic E-state index is 10.3. The second-order valence-corrected chi connectivity index (χ2v) is 5.21. The molecular weight excluding hydrogens is 244 g/mol. The van der Waals surface area contributed by atoms with Gasteiger partial charge in [-0.25, -0.2) is 0 Å². The molecule has 0 saturated carbocycles. The number of aliphatic hydroxyl groups is 1. The van der Waals surface area contributed by atoms with Crippen molar-refractivity contribution in [1.29, 1.82) is 0 Å². The summed E-state index contributed by atoms with van der Waals surface area (Å²) in [5.41, 5.74) is 1.92.